The first-order valence-electron chi connectivity index (χ1n) is 9.82. The summed E-state index contributed by atoms with van der Waals surface area (Å²) in [6.07, 6.45) is 6.73. The third-order valence-electron chi connectivity index (χ3n) is 5.24. The van der Waals surface area contributed by atoms with Crippen LogP contribution in [-0.2, 0) is 0 Å². The van der Waals surface area contributed by atoms with Crippen LogP contribution in [0.1, 0.15) is 0 Å². The number of aromatic nitrogens is 7. The van der Waals surface area contributed by atoms with E-state index in [4.69, 9.17) is 10.7 Å². The number of anilines is 1. The molecule has 9 heteroatoms. The van der Waals surface area contributed by atoms with Crippen LogP contribution in [0.3, 0.4) is 0 Å². The molecule has 6 rings (SSSR count). The number of nitrogens with zero attached hydrogens (tertiary/aromatic N) is 5. The molecule has 0 unspecified atom stereocenters. The fourth-order valence-corrected chi connectivity index (χ4v) is 3.75. The third kappa shape index (κ3) is 2.95. The first-order chi connectivity index (χ1) is 15.7. The molecule has 0 saturated heterocycles. The smallest absolute Gasteiger partial charge is 0.181 e. The van der Waals surface area contributed by atoms with Gasteiger partial charge in [0.2, 0.25) is 0 Å². The van der Waals surface area contributed by atoms with Crippen molar-refractivity contribution >= 4 is 27.8 Å². The first kappa shape index (κ1) is 18.1. The minimum atomic E-state index is -0.328. The number of nitrogens with one attached hydrogen (secondary N) is 2. The Morgan fingerprint density at radius 1 is 0.906 bits per heavy atom. The molecule has 0 bridgehead atoms. The number of aromatic amines is 2. The molecule has 0 radical (unpaired) electrons. The van der Waals surface area contributed by atoms with Crippen molar-refractivity contribution < 1.29 is 4.39 Å². The highest BCUT2D eigenvalue weighted by molar-refractivity contribution is 5.96. The summed E-state index contributed by atoms with van der Waals surface area (Å²) >= 11 is 0. The number of nitrogens with two attached hydrogens (primary N) is 1. The molecule has 1 aromatic carbocycles. The van der Waals surface area contributed by atoms with Gasteiger partial charge in [0.15, 0.2) is 11.5 Å². The van der Waals surface area contributed by atoms with Crippen molar-refractivity contribution in [3.8, 4) is 33.9 Å². The number of imidazole rings is 1. The molecule has 0 saturated carbocycles. The van der Waals surface area contributed by atoms with Crippen LogP contribution in [0.15, 0.2) is 67.3 Å². The summed E-state index contributed by atoms with van der Waals surface area (Å²) in [6, 6.07) is 11.9. The number of pyridine rings is 3. The molecule has 0 aliphatic heterocycles. The molecule has 6 aromatic rings. The van der Waals surface area contributed by atoms with Gasteiger partial charge in [-0.1, -0.05) is 12.1 Å². The number of nitrogen functional groups attached to an aromatic ring is 1. The summed E-state index contributed by atoms with van der Waals surface area (Å²) in [5.41, 5.74) is 12.1. The molecule has 32 heavy (non-hydrogen) atoms. The second kappa shape index (κ2) is 6.95. The van der Waals surface area contributed by atoms with Crippen molar-refractivity contribution in [1.29, 1.82) is 0 Å². The molecule has 0 spiro atoms. The molecule has 4 N–H and O–H groups in total. The average molecular weight is 422 g/mol. The van der Waals surface area contributed by atoms with E-state index in [1.54, 1.807) is 36.9 Å². The van der Waals surface area contributed by atoms with E-state index in [1.807, 2.05) is 18.2 Å². The van der Waals surface area contributed by atoms with Gasteiger partial charge in [0, 0.05) is 41.5 Å². The number of hydrogen-bond donors (Lipinski definition) is 3. The summed E-state index contributed by atoms with van der Waals surface area (Å²) < 4.78 is 13.8. The molecular formula is C23H15FN8. The monoisotopic (exact) mass is 422 g/mol. The van der Waals surface area contributed by atoms with E-state index in [0.29, 0.717) is 39.6 Å². The molecular weight excluding hydrogens is 407 g/mol. The Morgan fingerprint density at radius 3 is 2.69 bits per heavy atom. The molecule has 5 heterocycles. The molecule has 0 aliphatic carbocycles. The zero-order valence-corrected chi connectivity index (χ0v) is 16.5. The summed E-state index contributed by atoms with van der Waals surface area (Å²) in [5, 5.41) is 8.13. The van der Waals surface area contributed by atoms with E-state index >= 15 is 0 Å². The molecule has 5 aromatic heterocycles. The van der Waals surface area contributed by atoms with Crippen LogP contribution in [-0.4, -0.2) is 35.1 Å². The van der Waals surface area contributed by atoms with Crippen molar-refractivity contribution in [1.82, 2.24) is 35.1 Å². The van der Waals surface area contributed by atoms with Gasteiger partial charge in [0.25, 0.3) is 0 Å². The van der Waals surface area contributed by atoms with Gasteiger partial charge < -0.3 is 10.7 Å². The van der Waals surface area contributed by atoms with E-state index in [1.165, 1.54) is 12.1 Å². The lowest BCUT2D eigenvalue weighted by Gasteiger charge is -2.02. The lowest BCUT2D eigenvalue weighted by Crippen LogP contribution is -1.89. The van der Waals surface area contributed by atoms with Crippen LogP contribution < -0.4 is 5.73 Å². The number of hydrogen-bond acceptors (Lipinski definition) is 6. The van der Waals surface area contributed by atoms with Crippen LogP contribution in [0.4, 0.5) is 10.1 Å². The largest absolute Gasteiger partial charge is 0.397 e. The number of halogens is 1. The molecule has 0 atom stereocenters. The van der Waals surface area contributed by atoms with Crippen molar-refractivity contribution in [2.24, 2.45) is 0 Å². The van der Waals surface area contributed by atoms with Crippen molar-refractivity contribution in [2.75, 3.05) is 5.73 Å². The SMILES string of the molecule is Nc1cncc(-c2cnc3n[nH]c(-c4nc5c(-c6cccc(F)c6)nccc5[nH]4)c3c2)c1. The van der Waals surface area contributed by atoms with E-state index < -0.39 is 0 Å². The minimum Gasteiger partial charge on any atom is -0.397 e. The Kier molecular flexibility index (Phi) is 3.94. The van der Waals surface area contributed by atoms with Crippen LogP contribution in [0.2, 0.25) is 0 Å². The van der Waals surface area contributed by atoms with E-state index in [2.05, 4.69) is 30.1 Å². The highest BCUT2D eigenvalue weighted by Crippen LogP contribution is 2.31. The van der Waals surface area contributed by atoms with Gasteiger partial charge >= 0.3 is 0 Å². The topological polar surface area (TPSA) is 122 Å². The number of fused-ring (bicyclic) bond motifs is 2. The maximum atomic E-state index is 13.8. The molecule has 0 aliphatic rings. The minimum absolute atomic E-state index is 0.328. The number of H-pyrrole nitrogens is 2. The normalized spacial score (nSPS) is 11.4. The third-order valence-corrected chi connectivity index (χ3v) is 5.24. The van der Waals surface area contributed by atoms with Crippen molar-refractivity contribution in [2.45, 2.75) is 0 Å². The number of rotatable bonds is 3. The fourth-order valence-electron chi connectivity index (χ4n) is 3.75. The van der Waals surface area contributed by atoms with E-state index in [9.17, 15) is 4.39 Å². The van der Waals surface area contributed by atoms with Gasteiger partial charge in [-0.2, -0.15) is 5.10 Å². The highest BCUT2D eigenvalue weighted by atomic mass is 19.1. The van der Waals surface area contributed by atoms with Gasteiger partial charge in [-0.05, 0) is 30.3 Å². The predicted molar refractivity (Wildman–Crippen MR) is 120 cm³/mol. The Hall–Kier alpha value is -4.66. The van der Waals surface area contributed by atoms with Crippen LogP contribution >= 0.6 is 0 Å². The van der Waals surface area contributed by atoms with Gasteiger partial charge in [-0.25, -0.2) is 14.4 Å². The van der Waals surface area contributed by atoms with Crippen LogP contribution in [0.5, 0.6) is 0 Å². The summed E-state index contributed by atoms with van der Waals surface area (Å²) in [5.74, 6) is 0.254. The second-order valence-corrected chi connectivity index (χ2v) is 7.35. The van der Waals surface area contributed by atoms with Gasteiger partial charge in [-0.3, -0.25) is 15.1 Å². The highest BCUT2D eigenvalue weighted by Gasteiger charge is 2.17. The summed E-state index contributed by atoms with van der Waals surface area (Å²) in [4.78, 5) is 21.1. The summed E-state index contributed by atoms with van der Waals surface area (Å²) in [7, 11) is 0. The average Bonchev–Trinajstić information content (AvgIpc) is 3.42. The van der Waals surface area contributed by atoms with Crippen molar-refractivity contribution in [3.05, 3.63) is 73.1 Å². The van der Waals surface area contributed by atoms with Crippen molar-refractivity contribution in [3.63, 3.8) is 0 Å². The predicted octanol–water partition coefficient (Wildman–Crippen LogP) is 4.35. The Balaban J connectivity index is 1.51. The maximum Gasteiger partial charge on any atom is 0.181 e. The number of benzene rings is 1. The van der Waals surface area contributed by atoms with Gasteiger partial charge in [0.05, 0.1) is 22.3 Å². The van der Waals surface area contributed by atoms with Gasteiger partial charge in [-0.15, -0.1) is 0 Å². The Labute approximate surface area is 180 Å². The quantitative estimate of drug-likeness (QED) is 0.390. The van der Waals surface area contributed by atoms with Crippen LogP contribution in [0, 0.1) is 5.82 Å². The van der Waals surface area contributed by atoms with E-state index in [-0.39, 0.29) is 5.82 Å². The summed E-state index contributed by atoms with van der Waals surface area (Å²) in [6.45, 7) is 0. The fraction of sp³-hybridized carbons (Fsp3) is 0. The van der Waals surface area contributed by atoms with Crippen LogP contribution in [0.25, 0.3) is 56.0 Å². The lowest BCUT2D eigenvalue weighted by atomic mass is 10.1. The molecule has 8 nitrogen and oxygen atoms in total. The second-order valence-electron chi connectivity index (χ2n) is 7.35. The standard InChI is InChI=1S/C23H15FN8/c24-15-3-1-2-12(6-15)19-21-18(4-5-27-19)29-23(30-21)20-17-8-14(10-28-22(17)32-31-20)13-7-16(25)11-26-9-13/h1-11H,25H2,(H,29,30)(H,28,31,32). The molecule has 0 fully saturated rings. The first-order valence-corrected chi connectivity index (χ1v) is 9.82. The van der Waals surface area contributed by atoms with E-state index in [0.717, 1.165) is 22.0 Å². The molecule has 0 amide bonds. The van der Waals surface area contributed by atoms with Gasteiger partial charge in [0.1, 0.15) is 17.0 Å². The zero-order valence-electron chi connectivity index (χ0n) is 16.5. The Morgan fingerprint density at radius 2 is 1.81 bits per heavy atom. The lowest BCUT2D eigenvalue weighted by molar-refractivity contribution is 0.628. The Bertz CT molecular complexity index is 1620. The molecule has 154 valence electrons. The maximum absolute atomic E-state index is 13.8. The zero-order chi connectivity index (χ0) is 21.7.